The highest BCUT2D eigenvalue weighted by atomic mass is 79.9. The van der Waals surface area contributed by atoms with Crippen molar-refractivity contribution < 1.29 is 0 Å². The molecule has 0 fully saturated rings. The van der Waals surface area contributed by atoms with E-state index in [1.807, 2.05) is 6.07 Å². The monoisotopic (exact) mass is 261 g/mol. The highest BCUT2D eigenvalue weighted by Crippen LogP contribution is 2.12. The van der Waals surface area contributed by atoms with Crippen molar-refractivity contribution in [2.24, 2.45) is 0 Å². The van der Waals surface area contributed by atoms with Gasteiger partial charge in [0, 0.05) is 0 Å². The second kappa shape index (κ2) is 3.08. The van der Waals surface area contributed by atoms with Gasteiger partial charge in [0.05, 0.1) is 6.20 Å². The van der Waals surface area contributed by atoms with Crippen LogP contribution >= 0.6 is 31.9 Å². The Bertz CT molecular complexity index is 291. The van der Waals surface area contributed by atoms with E-state index in [0.717, 1.165) is 0 Å². The largest absolute Gasteiger partial charge is 0.243 e. The summed E-state index contributed by atoms with van der Waals surface area (Å²) in [6, 6.07) is 1.89. The molecule has 0 saturated carbocycles. The Labute approximate surface area is 74.4 Å². The summed E-state index contributed by atoms with van der Waals surface area (Å²) in [5.74, 6) is 0. The van der Waals surface area contributed by atoms with Gasteiger partial charge < -0.3 is 0 Å². The third-order valence-corrected chi connectivity index (χ3v) is 1.77. The van der Waals surface area contributed by atoms with Crippen LogP contribution in [0.1, 0.15) is 5.69 Å². The second-order valence-electron chi connectivity index (χ2n) is 1.44. The number of aromatic nitrogens is 2. The summed E-state index contributed by atoms with van der Waals surface area (Å²) in [6.07, 6.45) is 1.52. The van der Waals surface area contributed by atoms with Gasteiger partial charge in [-0.25, -0.2) is 9.97 Å². The molecule has 0 aromatic carbocycles. The Kier molecular flexibility index (Phi) is 2.35. The summed E-state index contributed by atoms with van der Waals surface area (Å²) >= 11 is 6.17. The molecule has 0 bridgehead atoms. The van der Waals surface area contributed by atoms with Crippen molar-refractivity contribution in [1.29, 1.82) is 5.26 Å². The Hall–Kier alpha value is -0.470. The normalized spacial score (nSPS) is 8.90. The molecule has 1 heterocycles. The summed E-state index contributed by atoms with van der Waals surface area (Å²) in [6.45, 7) is 0. The van der Waals surface area contributed by atoms with Gasteiger partial charge in [-0.05, 0) is 31.9 Å². The van der Waals surface area contributed by atoms with Crippen molar-refractivity contribution in [3.63, 3.8) is 0 Å². The molecule has 1 rings (SSSR count). The molecule has 0 aliphatic rings. The zero-order chi connectivity index (χ0) is 7.56. The standard InChI is InChI=1S/C5HBr2N3/c6-4-2-9-5(7)3(1-8)10-4/h2H. The molecule has 3 nitrogen and oxygen atoms in total. The first kappa shape index (κ1) is 7.63. The van der Waals surface area contributed by atoms with Crippen molar-refractivity contribution in [3.8, 4) is 6.07 Å². The van der Waals surface area contributed by atoms with Crippen LogP contribution in [0.2, 0.25) is 0 Å². The van der Waals surface area contributed by atoms with Gasteiger partial charge in [0.25, 0.3) is 0 Å². The summed E-state index contributed by atoms with van der Waals surface area (Å²) in [7, 11) is 0. The molecule has 0 aliphatic carbocycles. The molecular weight excluding hydrogens is 262 g/mol. The van der Waals surface area contributed by atoms with Crippen LogP contribution < -0.4 is 0 Å². The fourth-order valence-electron chi connectivity index (χ4n) is 0.424. The van der Waals surface area contributed by atoms with Crippen molar-refractivity contribution in [2.45, 2.75) is 0 Å². The van der Waals surface area contributed by atoms with Gasteiger partial charge in [0.15, 0.2) is 5.69 Å². The first-order valence-corrected chi connectivity index (χ1v) is 3.91. The lowest BCUT2D eigenvalue weighted by atomic mass is 10.5. The molecule has 0 atom stereocenters. The number of nitrogens with zero attached hydrogens (tertiary/aromatic N) is 3. The molecule has 50 valence electrons. The van der Waals surface area contributed by atoms with E-state index in [0.29, 0.717) is 9.21 Å². The lowest BCUT2D eigenvalue weighted by molar-refractivity contribution is 1.10. The molecule has 10 heavy (non-hydrogen) atoms. The van der Waals surface area contributed by atoms with E-state index in [4.69, 9.17) is 5.26 Å². The molecule has 0 radical (unpaired) electrons. The van der Waals surface area contributed by atoms with E-state index in [1.165, 1.54) is 6.20 Å². The predicted molar refractivity (Wildman–Crippen MR) is 42.1 cm³/mol. The van der Waals surface area contributed by atoms with E-state index in [9.17, 15) is 0 Å². The van der Waals surface area contributed by atoms with Crippen molar-refractivity contribution in [3.05, 3.63) is 21.1 Å². The number of rotatable bonds is 0. The van der Waals surface area contributed by atoms with Crippen LogP contribution in [0.15, 0.2) is 15.4 Å². The quantitative estimate of drug-likeness (QED) is 0.717. The van der Waals surface area contributed by atoms with Gasteiger partial charge in [-0.15, -0.1) is 0 Å². The minimum Gasteiger partial charge on any atom is -0.243 e. The smallest absolute Gasteiger partial charge is 0.174 e. The average Bonchev–Trinajstić information content (AvgIpc) is 1.94. The zero-order valence-electron chi connectivity index (χ0n) is 4.67. The van der Waals surface area contributed by atoms with Gasteiger partial charge in [-0.1, -0.05) is 0 Å². The van der Waals surface area contributed by atoms with E-state index < -0.39 is 0 Å². The maximum absolute atomic E-state index is 8.44. The first-order valence-electron chi connectivity index (χ1n) is 2.32. The minimum atomic E-state index is 0.286. The molecule has 0 amide bonds. The third-order valence-electron chi connectivity index (χ3n) is 0.804. The lowest BCUT2D eigenvalue weighted by Gasteiger charge is -1.91. The summed E-state index contributed by atoms with van der Waals surface area (Å²) in [5, 5.41) is 8.44. The Morgan fingerprint density at radius 3 is 2.70 bits per heavy atom. The molecule has 1 aromatic heterocycles. The van der Waals surface area contributed by atoms with Gasteiger partial charge >= 0.3 is 0 Å². The summed E-state index contributed by atoms with van der Waals surface area (Å²) in [5.41, 5.74) is 0.286. The Balaban J connectivity index is 3.25. The van der Waals surface area contributed by atoms with E-state index >= 15 is 0 Å². The van der Waals surface area contributed by atoms with Crippen LogP contribution in [-0.2, 0) is 0 Å². The second-order valence-corrected chi connectivity index (χ2v) is 3.01. The molecule has 0 aliphatic heterocycles. The topological polar surface area (TPSA) is 49.6 Å². The van der Waals surface area contributed by atoms with Gasteiger partial charge in [0.2, 0.25) is 0 Å². The Morgan fingerprint density at radius 2 is 2.20 bits per heavy atom. The number of hydrogen-bond acceptors (Lipinski definition) is 3. The minimum absolute atomic E-state index is 0.286. The highest BCUT2D eigenvalue weighted by molar-refractivity contribution is 9.10. The van der Waals surface area contributed by atoms with Crippen LogP contribution in [0.4, 0.5) is 0 Å². The molecular formula is C5HBr2N3. The third kappa shape index (κ3) is 1.52. The number of halogens is 2. The fourth-order valence-corrected chi connectivity index (χ4v) is 0.983. The van der Waals surface area contributed by atoms with Crippen molar-refractivity contribution in [2.75, 3.05) is 0 Å². The van der Waals surface area contributed by atoms with Gasteiger partial charge in [-0.3, -0.25) is 0 Å². The maximum atomic E-state index is 8.44. The van der Waals surface area contributed by atoms with E-state index in [-0.39, 0.29) is 5.69 Å². The van der Waals surface area contributed by atoms with Crippen LogP contribution in [0.5, 0.6) is 0 Å². The predicted octanol–water partition coefficient (Wildman–Crippen LogP) is 1.87. The molecule has 0 saturated heterocycles. The average molecular weight is 263 g/mol. The number of hydrogen-bond donors (Lipinski definition) is 0. The fraction of sp³-hybridized carbons (Fsp3) is 0. The van der Waals surface area contributed by atoms with Crippen molar-refractivity contribution >= 4 is 31.9 Å². The van der Waals surface area contributed by atoms with E-state index in [2.05, 4.69) is 41.8 Å². The molecule has 5 heteroatoms. The SMILES string of the molecule is N#Cc1nc(Br)cnc1Br. The van der Waals surface area contributed by atoms with Gasteiger partial charge in [-0.2, -0.15) is 5.26 Å². The summed E-state index contributed by atoms with van der Waals surface area (Å²) < 4.78 is 1.03. The van der Waals surface area contributed by atoms with E-state index in [1.54, 1.807) is 0 Å². The molecule has 1 aromatic rings. The Morgan fingerprint density at radius 1 is 1.50 bits per heavy atom. The lowest BCUT2D eigenvalue weighted by Crippen LogP contribution is -1.87. The van der Waals surface area contributed by atoms with Crippen LogP contribution in [0.25, 0.3) is 0 Å². The maximum Gasteiger partial charge on any atom is 0.174 e. The van der Waals surface area contributed by atoms with Crippen LogP contribution in [0, 0.1) is 11.3 Å². The van der Waals surface area contributed by atoms with Crippen molar-refractivity contribution in [1.82, 2.24) is 9.97 Å². The molecule has 0 spiro atoms. The zero-order valence-corrected chi connectivity index (χ0v) is 7.85. The highest BCUT2D eigenvalue weighted by Gasteiger charge is 2.00. The first-order chi connectivity index (χ1) is 4.74. The van der Waals surface area contributed by atoms with Gasteiger partial charge in [0.1, 0.15) is 15.3 Å². The summed E-state index contributed by atoms with van der Waals surface area (Å²) in [4.78, 5) is 7.67. The van der Waals surface area contributed by atoms with Crippen LogP contribution in [-0.4, -0.2) is 9.97 Å². The molecule has 0 unspecified atom stereocenters. The number of nitriles is 1. The molecule has 0 N–H and O–H groups in total. The van der Waals surface area contributed by atoms with Crippen LogP contribution in [0.3, 0.4) is 0 Å².